The highest BCUT2D eigenvalue weighted by atomic mass is 19.4. The van der Waals surface area contributed by atoms with Crippen molar-refractivity contribution in [3.63, 3.8) is 0 Å². The molecule has 1 aromatic carbocycles. The fourth-order valence-corrected chi connectivity index (χ4v) is 1.52. The third kappa shape index (κ3) is 4.75. The summed E-state index contributed by atoms with van der Waals surface area (Å²) in [5, 5.41) is 2.97. The lowest BCUT2D eigenvalue weighted by molar-refractivity contribution is -0.138. The van der Waals surface area contributed by atoms with E-state index in [0.717, 1.165) is 12.5 Å². The predicted molar refractivity (Wildman–Crippen MR) is 59.6 cm³/mol. The molecule has 0 aromatic heterocycles. The van der Waals surface area contributed by atoms with Crippen molar-refractivity contribution < 1.29 is 17.9 Å². The van der Waals surface area contributed by atoms with Gasteiger partial charge in [-0.05, 0) is 24.6 Å². The minimum atomic E-state index is -4.29. The molecule has 1 rings (SSSR count). The van der Waals surface area contributed by atoms with Crippen molar-refractivity contribution >= 4 is 0 Å². The van der Waals surface area contributed by atoms with Crippen LogP contribution in [0.1, 0.15) is 17.5 Å². The molecule has 1 aromatic rings. The van der Waals surface area contributed by atoms with E-state index in [2.05, 4.69) is 5.32 Å². The Balaban J connectivity index is 2.53. The summed E-state index contributed by atoms with van der Waals surface area (Å²) in [5.74, 6) is 0. The van der Waals surface area contributed by atoms with Gasteiger partial charge in [0, 0.05) is 20.3 Å². The van der Waals surface area contributed by atoms with Gasteiger partial charge >= 0.3 is 6.18 Å². The Kier molecular flexibility index (Phi) is 5.44. The van der Waals surface area contributed by atoms with Gasteiger partial charge in [-0.2, -0.15) is 13.2 Å². The quantitative estimate of drug-likeness (QED) is 0.780. The SMILES string of the molecule is COCCCNCc1ccccc1C(F)(F)F. The molecule has 0 bridgehead atoms. The Morgan fingerprint density at radius 3 is 2.59 bits per heavy atom. The molecular weight excluding hydrogens is 231 g/mol. The number of benzene rings is 1. The molecular formula is C12H16F3NO. The smallest absolute Gasteiger partial charge is 0.385 e. The third-order valence-electron chi connectivity index (χ3n) is 2.34. The van der Waals surface area contributed by atoms with Crippen molar-refractivity contribution in [2.75, 3.05) is 20.3 Å². The molecule has 0 saturated heterocycles. The van der Waals surface area contributed by atoms with Crippen LogP contribution in [0.3, 0.4) is 0 Å². The zero-order chi connectivity index (χ0) is 12.7. The van der Waals surface area contributed by atoms with E-state index in [1.807, 2.05) is 0 Å². The molecule has 1 N–H and O–H groups in total. The lowest BCUT2D eigenvalue weighted by Crippen LogP contribution is -2.19. The molecule has 17 heavy (non-hydrogen) atoms. The Hall–Kier alpha value is -1.07. The topological polar surface area (TPSA) is 21.3 Å². The zero-order valence-electron chi connectivity index (χ0n) is 9.68. The second kappa shape index (κ2) is 6.61. The molecule has 0 aliphatic heterocycles. The highest BCUT2D eigenvalue weighted by Crippen LogP contribution is 2.31. The molecule has 0 aliphatic carbocycles. The van der Waals surface area contributed by atoms with E-state index < -0.39 is 11.7 Å². The van der Waals surface area contributed by atoms with Crippen LogP contribution in [0, 0.1) is 0 Å². The van der Waals surface area contributed by atoms with E-state index in [0.29, 0.717) is 13.2 Å². The minimum absolute atomic E-state index is 0.222. The molecule has 0 fully saturated rings. The molecule has 0 saturated carbocycles. The second-order valence-corrected chi connectivity index (χ2v) is 3.68. The predicted octanol–water partition coefficient (Wildman–Crippen LogP) is 2.83. The van der Waals surface area contributed by atoms with Gasteiger partial charge in [-0.1, -0.05) is 18.2 Å². The standard InChI is InChI=1S/C12H16F3NO/c1-17-8-4-7-16-9-10-5-2-3-6-11(10)12(13,14)15/h2-3,5-6,16H,4,7-9H2,1H3. The van der Waals surface area contributed by atoms with E-state index >= 15 is 0 Å². The Labute approximate surface area is 98.8 Å². The van der Waals surface area contributed by atoms with Crippen LogP contribution < -0.4 is 5.32 Å². The van der Waals surface area contributed by atoms with Crippen molar-refractivity contribution in [3.05, 3.63) is 35.4 Å². The summed E-state index contributed by atoms with van der Waals surface area (Å²) >= 11 is 0. The van der Waals surface area contributed by atoms with Gasteiger partial charge in [-0.15, -0.1) is 0 Å². The fourth-order valence-electron chi connectivity index (χ4n) is 1.52. The van der Waals surface area contributed by atoms with Crippen LogP contribution in [0.2, 0.25) is 0 Å². The van der Waals surface area contributed by atoms with Gasteiger partial charge in [0.15, 0.2) is 0 Å². The van der Waals surface area contributed by atoms with Crippen LogP contribution >= 0.6 is 0 Å². The first-order valence-electron chi connectivity index (χ1n) is 5.40. The maximum atomic E-state index is 12.6. The van der Waals surface area contributed by atoms with Crippen LogP contribution in [0.25, 0.3) is 0 Å². The molecule has 0 aliphatic rings. The first-order valence-corrected chi connectivity index (χ1v) is 5.40. The average molecular weight is 247 g/mol. The molecule has 0 unspecified atom stereocenters. The van der Waals surface area contributed by atoms with Crippen LogP contribution in [0.5, 0.6) is 0 Å². The van der Waals surface area contributed by atoms with Crippen LogP contribution in [0.15, 0.2) is 24.3 Å². The number of hydrogen-bond acceptors (Lipinski definition) is 2. The Morgan fingerprint density at radius 2 is 1.94 bits per heavy atom. The lowest BCUT2D eigenvalue weighted by Gasteiger charge is -2.13. The first kappa shape index (κ1) is 14.0. The summed E-state index contributed by atoms with van der Waals surface area (Å²) < 4.78 is 42.7. The number of rotatable bonds is 6. The van der Waals surface area contributed by atoms with Crippen LogP contribution in [0.4, 0.5) is 13.2 Å². The summed E-state index contributed by atoms with van der Waals surface area (Å²) in [7, 11) is 1.60. The lowest BCUT2D eigenvalue weighted by atomic mass is 10.1. The maximum absolute atomic E-state index is 12.6. The van der Waals surface area contributed by atoms with E-state index in [1.54, 1.807) is 13.2 Å². The van der Waals surface area contributed by atoms with Gasteiger partial charge in [-0.25, -0.2) is 0 Å². The van der Waals surface area contributed by atoms with Crippen molar-refractivity contribution in [1.29, 1.82) is 0 Å². The Morgan fingerprint density at radius 1 is 1.24 bits per heavy atom. The highest BCUT2D eigenvalue weighted by molar-refractivity contribution is 5.29. The third-order valence-corrected chi connectivity index (χ3v) is 2.34. The monoisotopic (exact) mass is 247 g/mol. The summed E-state index contributed by atoms with van der Waals surface area (Å²) in [5.41, 5.74) is -0.295. The van der Waals surface area contributed by atoms with Crippen molar-refractivity contribution in [3.8, 4) is 0 Å². The number of nitrogens with one attached hydrogen (secondary N) is 1. The summed E-state index contributed by atoms with van der Waals surface area (Å²) in [6, 6.07) is 5.61. The van der Waals surface area contributed by atoms with E-state index in [-0.39, 0.29) is 12.1 Å². The van der Waals surface area contributed by atoms with Crippen molar-refractivity contribution in [2.45, 2.75) is 19.1 Å². The molecule has 0 spiro atoms. The number of methoxy groups -OCH3 is 1. The van der Waals surface area contributed by atoms with Gasteiger partial charge in [0.2, 0.25) is 0 Å². The second-order valence-electron chi connectivity index (χ2n) is 3.68. The fraction of sp³-hybridized carbons (Fsp3) is 0.500. The van der Waals surface area contributed by atoms with Gasteiger partial charge in [-0.3, -0.25) is 0 Å². The molecule has 96 valence electrons. The molecule has 0 radical (unpaired) electrons. The van der Waals surface area contributed by atoms with Crippen molar-refractivity contribution in [1.82, 2.24) is 5.32 Å². The maximum Gasteiger partial charge on any atom is 0.416 e. The molecule has 2 nitrogen and oxygen atoms in total. The largest absolute Gasteiger partial charge is 0.416 e. The van der Waals surface area contributed by atoms with Crippen LogP contribution in [-0.2, 0) is 17.5 Å². The van der Waals surface area contributed by atoms with E-state index in [1.165, 1.54) is 12.1 Å². The molecule has 5 heteroatoms. The normalized spacial score (nSPS) is 11.8. The molecule has 0 atom stereocenters. The summed E-state index contributed by atoms with van der Waals surface area (Å²) in [6.45, 7) is 1.47. The number of halogens is 3. The summed E-state index contributed by atoms with van der Waals surface area (Å²) in [6.07, 6.45) is -3.50. The van der Waals surface area contributed by atoms with E-state index in [4.69, 9.17) is 4.74 Å². The minimum Gasteiger partial charge on any atom is -0.385 e. The number of hydrogen-bond donors (Lipinski definition) is 1. The first-order chi connectivity index (χ1) is 8.05. The Bertz CT molecular complexity index is 339. The number of alkyl halides is 3. The highest BCUT2D eigenvalue weighted by Gasteiger charge is 2.32. The van der Waals surface area contributed by atoms with Gasteiger partial charge in [0.1, 0.15) is 0 Å². The molecule has 0 heterocycles. The van der Waals surface area contributed by atoms with Gasteiger partial charge < -0.3 is 10.1 Å². The van der Waals surface area contributed by atoms with Gasteiger partial charge in [0.05, 0.1) is 5.56 Å². The average Bonchev–Trinajstić information content (AvgIpc) is 2.28. The van der Waals surface area contributed by atoms with Gasteiger partial charge in [0.25, 0.3) is 0 Å². The van der Waals surface area contributed by atoms with E-state index in [9.17, 15) is 13.2 Å². The van der Waals surface area contributed by atoms with Crippen molar-refractivity contribution in [2.24, 2.45) is 0 Å². The number of ether oxygens (including phenoxy) is 1. The zero-order valence-corrected chi connectivity index (χ0v) is 9.68. The molecule has 0 amide bonds. The van der Waals surface area contributed by atoms with Crippen LogP contribution in [-0.4, -0.2) is 20.3 Å². The summed E-state index contributed by atoms with van der Waals surface area (Å²) in [4.78, 5) is 0.